The smallest absolute Gasteiger partial charge is 0.150 e. The Morgan fingerprint density at radius 2 is 1.96 bits per heavy atom. The van der Waals surface area contributed by atoms with Gasteiger partial charge in [-0.25, -0.2) is 4.68 Å². The van der Waals surface area contributed by atoms with Crippen LogP contribution in [-0.4, -0.2) is 49.1 Å². The second-order valence-corrected chi connectivity index (χ2v) is 7.29. The van der Waals surface area contributed by atoms with E-state index in [2.05, 4.69) is 21.0 Å². The molecule has 142 valence electrons. The molecule has 3 heterocycles. The predicted molar refractivity (Wildman–Crippen MR) is 103 cm³/mol. The number of carbonyl (C=O) groups is 1. The highest BCUT2D eigenvalue weighted by Crippen LogP contribution is 2.35. The van der Waals surface area contributed by atoms with E-state index in [0.717, 1.165) is 79.5 Å². The van der Waals surface area contributed by atoms with Crippen molar-refractivity contribution in [1.82, 2.24) is 9.78 Å². The van der Waals surface area contributed by atoms with Gasteiger partial charge in [-0.1, -0.05) is 11.6 Å². The van der Waals surface area contributed by atoms with Crippen LogP contribution in [0.1, 0.15) is 31.1 Å². The number of rotatable bonds is 3. The van der Waals surface area contributed by atoms with E-state index in [1.54, 1.807) is 6.20 Å². The summed E-state index contributed by atoms with van der Waals surface area (Å²) in [7, 11) is 0. The molecule has 1 aromatic heterocycles. The third kappa shape index (κ3) is 4.64. The van der Waals surface area contributed by atoms with Gasteiger partial charge < -0.3 is 19.0 Å². The van der Waals surface area contributed by atoms with Crippen molar-refractivity contribution in [3.05, 3.63) is 27.3 Å². The maximum absolute atomic E-state index is 10.7. The van der Waals surface area contributed by atoms with Crippen molar-refractivity contribution < 1.29 is 19.0 Å². The summed E-state index contributed by atoms with van der Waals surface area (Å²) in [5.74, 6) is 0. The number of nitrogens with zero attached hydrogens (tertiary/aromatic N) is 2. The molecule has 1 unspecified atom stereocenters. The number of carbonyl (C=O) groups excluding carboxylic acids is 1. The number of hydrogen-bond acceptors (Lipinski definition) is 5. The van der Waals surface area contributed by atoms with Crippen LogP contribution in [0.15, 0.2) is 16.7 Å². The van der Waals surface area contributed by atoms with Crippen molar-refractivity contribution in [2.24, 2.45) is 0 Å². The third-order valence-electron chi connectivity index (χ3n) is 4.35. The Bertz CT molecular complexity index is 731. The first-order valence-electron chi connectivity index (χ1n) is 8.77. The van der Waals surface area contributed by atoms with Crippen molar-refractivity contribution in [3.63, 3.8) is 0 Å². The van der Waals surface area contributed by atoms with E-state index in [1.165, 1.54) is 0 Å². The molecule has 26 heavy (non-hydrogen) atoms. The lowest BCUT2D eigenvalue weighted by atomic mass is 10.1. The summed E-state index contributed by atoms with van der Waals surface area (Å²) < 4.78 is 18.4. The fourth-order valence-electron chi connectivity index (χ4n) is 3.02. The summed E-state index contributed by atoms with van der Waals surface area (Å²) >= 11 is 9.82. The number of ether oxygens (including phenoxy) is 3. The highest BCUT2D eigenvalue weighted by molar-refractivity contribution is 9.10. The molecule has 2 aliphatic heterocycles. The lowest BCUT2D eigenvalue weighted by Crippen LogP contribution is -2.19. The summed E-state index contributed by atoms with van der Waals surface area (Å²) in [6.07, 6.45) is 6.12. The summed E-state index contributed by atoms with van der Waals surface area (Å²) in [6, 6.07) is 1.87. The van der Waals surface area contributed by atoms with Gasteiger partial charge in [-0.2, -0.15) is 5.10 Å². The number of aldehydes is 1. The maximum atomic E-state index is 10.7. The number of halogens is 2. The maximum Gasteiger partial charge on any atom is 0.150 e. The topological polar surface area (TPSA) is 62.6 Å². The molecule has 0 aliphatic carbocycles. The lowest BCUT2D eigenvalue weighted by molar-refractivity contribution is -0.107. The molecule has 0 N–H and O–H groups in total. The second-order valence-electron chi connectivity index (χ2n) is 6.09. The van der Waals surface area contributed by atoms with Crippen LogP contribution in [0, 0.1) is 0 Å². The number of aromatic nitrogens is 2. The Labute approximate surface area is 165 Å². The first-order chi connectivity index (χ1) is 12.7. The Balaban J connectivity index is 0.000000278. The van der Waals surface area contributed by atoms with Crippen LogP contribution in [0.25, 0.3) is 10.9 Å². The van der Waals surface area contributed by atoms with E-state index in [1.807, 2.05) is 10.7 Å². The van der Waals surface area contributed by atoms with Gasteiger partial charge in [-0.05, 0) is 46.8 Å². The number of hydrogen-bond donors (Lipinski definition) is 0. The van der Waals surface area contributed by atoms with Crippen LogP contribution in [0.5, 0.6) is 0 Å². The molecule has 2 saturated heterocycles. The summed E-state index contributed by atoms with van der Waals surface area (Å²) in [5, 5.41) is 5.97. The molecule has 0 radical (unpaired) electrons. The first kappa shape index (κ1) is 19.8. The highest BCUT2D eigenvalue weighted by Gasteiger charge is 2.21. The average Bonchev–Trinajstić information content (AvgIpc) is 3.11. The van der Waals surface area contributed by atoms with E-state index in [-0.39, 0.29) is 6.23 Å². The van der Waals surface area contributed by atoms with Gasteiger partial charge in [-0.15, -0.1) is 0 Å². The van der Waals surface area contributed by atoms with Crippen LogP contribution < -0.4 is 0 Å². The Hall–Kier alpha value is -0.990. The van der Waals surface area contributed by atoms with Crippen LogP contribution in [0.3, 0.4) is 0 Å². The van der Waals surface area contributed by atoms with E-state index < -0.39 is 0 Å². The first-order valence-corrected chi connectivity index (χ1v) is 9.94. The Kier molecular flexibility index (Phi) is 7.45. The summed E-state index contributed by atoms with van der Waals surface area (Å²) in [5.41, 5.74) is 1.74. The summed E-state index contributed by atoms with van der Waals surface area (Å²) in [4.78, 5) is 10.7. The van der Waals surface area contributed by atoms with Gasteiger partial charge in [0, 0.05) is 27.9 Å². The van der Waals surface area contributed by atoms with Gasteiger partial charge in [0.1, 0.15) is 6.29 Å². The predicted octanol–water partition coefficient (Wildman–Crippen LogP) is 3.93. The molecule has 6 nitrogen and oxygen atoms in total. The zero-order valence-electron chi connectivity index (χ0n) is 14.5. The molecule has 4 rings (SSSR count). The molecule has 0 spiro atoms. The third-order valence-corrected chi connectivity index (χ3v) is 5.59. The molecule has 0 bridgehead atoms. The van der Waals surface area contributed by atoms with Gasteiger partial charge in [0.25, 0.3) is 0 Å². The molecule has 1 atom stereocenters. The molecule has 2 aliphatic rings. The van der Waals surface area contributed by atoms with Crippen LogP contribution in [0.4, 0.5) is 0 Å². The van der Waals surface area contributed by atoms with Gasteiger partial charge in [0.2, 0.25) is 0 Å². The quantitative estimate of drug-likeness (QED) is 0.670. The zero-order valence-corrected chi connectivity index (χ0v) is 16.8. The van der Waals surface area contributed by atoms with Gasteiger partial charge in [-0.3, -0.25) is 0 Å². The minimum absolute atomic E-state index is 0.0267. The molecule has 0 amide bonds. The van der Waals surface area contributed by atoms with Gasteiger partial charge in [0.15, 0.2) is 6.23 Å². The lowest BCUT2D eigenvalue weighted by Gasteiger charge is -2.23. The average molecular weight is 446 g/mol. The number of fused-ring (bicyclic) bond motifs is 1. The normalized spacial score (nSPS) is 20.5. The van der Waals surface area contributed by atoms with E-state index in [9.17, 15) is 4.79 Å². The number of benzene rings is 1. The van der Waals surface area contributed by atoms with Crippen LogP contribution in [0.2, 0.25) is 5.02 Å². The fourth-order valence-corrected chi connectivity index (χ4v) is 4.09. The molecule has 0 saturated carbocycles. The van der Waals surface area contributed by atoms with Gasteiger partial charge >= 0.3 is 0 Å². The largest absolute Gasteiger partial charge is 0.377 e. The zero-order chi connectivity index (χ0) is 18.4. The minimum atomic E-state index is -0.0267. The molecule has 1 aromatic carbocycles. The molecular weight excluding hydrogens is 424 g/mol. The van der Waals surface area contributed by atoms with Crippen LogP contribution >= 0.6 is 27.5 Å². The SMILES string of the molecule is C1COCCO1.O=CCc1c(Cl)cc2c(cnn2C2CCCCO2)c1Br. The Morgan fingerprint density at radius 3 is 2.54 bits per heavy atom. The van der Waals surface area contributed by atoms with Crippen LogP contribution in [-0.2, 0) is 25.4 Å². The molecular formula is C18H22BrClN2O4. The standard InChI is InChI=1S/C14H14BrClN2O2.C4H8O2/c15-14-9(4-5-19)11(16)7-12-10(14)8-17-18(12)13-3-1-2-6-20-13;1-2-6-4-3-5-1/h5,7-8,13H,1-4,6H2;1-4H2. The van der Waals surface area contributed by atoms with Crippen molar-refractivity contribution in [2.75, 3.05) is 33.0 Å². The van der Waals surface area contributed by atoms with Crippen molar-refractivity contribution in [3.8, 4) is 0 Å². The second kappa shape index (κ2) is 9.80. The van der Waals surface area contributed by atoms with E-state index in [0.29, 0.717) is 11.4 Å². The molecule has 2 fully saturated rings. The summed E-state index contributed by atoms with van der Waals surface area (Å²) in [6.45, 7) is 3.88. The van der Waals surface area contributed by atoms with Gasteiger partial charge in [0.05, 0.1) is 38.1 Å². The van der Waals surface area contributed by atoms with E-state index in [4.69, 9.17) is 25.8 Å². The van der Waals surface area contributed by atoms with E-state index >= 15 is 0 Å². The van der Waals surface area contributed by atoms with Crippen molar-refractivity contribution in [2.45, 2.75) is 31.9 Å². The Morgan fingerprint density at radius 1 is 1.23 bits per heavy atom. The molecule has 2 aromatic rings. The fraction of sp³-hybridized carbons (Fsp3) is 0.556. The minimum Gasteiger partial charge on any atom is -0.377 e. The van der Waals surface area contributed by atoms with Crippen molar-refractivity contribution >= 4 is 44.7 Å². The van der Waals surface area contributed by atoms with Crippen molar-refractivity contribution in [1.29, 1.82) is 0 Å². The monoisotopic (exact) mass is 444 g/mol. The highest BCUT2D eigenvalue weighted by atomic mass is 79.9. The molecule has 8 heteroatoms.